The van der Waals surface area contributed by atoms with Crippen LogP contribution in [-0.4, -0.2) is 38.9 Å². The van der Waals surface area contributed by atoms with Crippen molar-refractivity contribution in [2.24, 2.45) is 5.41 Å². The number of nitrogens with one attached hydrogen (secondary N) is 1. The minimum Gasteiger partial charge on any atom is -0.381 e. The lowest BCUT2D eigenvalue weighted by Crippen LogP contribution is -2.46. The molecule has 118 valence electrons. The molecule has 1 N–H and O–H groups in total. The highest BCUT2D eigenvalue weighted by atomic mass is 16.5. The van der Waals surface area contributed by atoms with Gasteiger partial charge in [-0.3, -0.25) is 0 Å². The van der Waals surface area contributed by atoms with Gasteiger partial charge in [-0.1, -0.05) is 26.0 Å². The normalized spacial score (nSPS) is 22.0. The van der Waals surface area contributed by atoms with E-state index < -0.39 is 0 Å². The predicted molar refractivity (Wildman–Crippen MR) is 90.1 cm³/mol. The summed E-state index contributed by atoms with van der Waals surface area (Å²) in [7, 11) is 0. The summed E-state index contributed by atoms with van der Waals surface area (Å²) in [6.07, 6.45) is 1.15. The van der Waals surface area contributed by atoms with Gasteiger partial charge in [0.25, 0.3) is 0 Å². The van der Waals surface area contributed by atoms with E-state index in [1.54, 1.807) is 0 Å². The van der Waals surface area contributed by atoms with Crippen LogP contribution < -0.4 is 10.2 Å². The number of hydrogen-bond donors (Lipinski definition) is 1. The Balaban J connectivity index is 2.10. The summed E-state index contributed by atoms with van der Waals surface area (Å²) in [4.78, 5) is 2.49. The zero-order chi connectivity index (χ0) is 15.3. The van der Waals surface area contributed by atoms with Crippen LogP contribution in [0.25, 0.3) is 0 Å². The maximum atomic E-state index is 5.73. The van der Waals surface area contributed by atoms with Crippen LogP contribution in [0.2, 0.25) is 0 Å². The van der Waals surface area contributed by atoms with Crippen LogP contribution in [0.4, 0.5) is 5.69 Å². The number of rotatable bonds is 7. The monoisotopic (exact) mass is 290 g/mol. The summed E-state index contributed by atoms with van der Waals surface area (Å²) in [5.41, 5.74) is 2.89. The van der Waals surface area contributed by atoms with Crippen molar-refractivity contribution in [1.29, 1.82) is 0 Å². The number of benzene rings is 1. The van der Waals surface area contributed by atoms with Gasteiger partial charge in [-0.2, -0.15) is 0 Å². The average Bonchev–Trinajstić information content (AvgIpc) is 2.92. The summed E-state index contributed by atoms with van der Waals surface area (Å²) >= 11 is 0. The van der Waals surface area contributed by atoms with Gasteiger partial charge in [0, 0.05) is 43.4 Å². The lowest BCUT2D eigenvalue weighted by atomic mass is 9.86. The number of aryl methyl sites for hydroxylation is 1. The number of ether oxygens (including phenoxy) is 1. The van der Waals surface area contributed by atoms with Crippen LogP contribution in [0.3, 0.4) is 0 Å². The SMILES string of the molecule is CCN(CC1(CNC(C)C)CCOC1)c1cccc(C)c1. The molecule has 1 heterocycles. The Morgan fingerprint density at radius 1 is 1.38 bits per heavy atom. The quantitative estimate of drug-likeness (QED) is 0.834. The Bertz CT molecular complexity index is 439. The molecule has 0 amide bonds. The van der Waals surface area contributed by atoms with Crippen LogP contribution in [-0.2, 0) is 4.74 Å². The van der Waals surface area contributed by atoms with Crippen LogP contribution in [0.15, 0.2) is 24.3 Å². The first kappa shape index (κ1) is 16.3. The third-order valence-corrected chi connectivity index (χ3v) is 4.35. The summed E-state index contributed by atoms with van der Waals surface area (Å²) in [5, 5.41) is 3.61. The number of anilines is 1. The predicted octanol–water partition coefficient (Wildman–Crippen LogP) is 3.23. The molecule has 21 heavy (non-hydrogen) atoms. The Kier molecular flexibility index (Phi) is 5.65. The summed E-state index contributed by atoms with van der Waals surface area (Å²) < 4.78 is 5.73. The third-order valence-electron chi connectivity index (χ3n) is 4.35. The van der Waals surface area contributed by atoms with Gasteiger partial charge in [-0.15, -0.1) is 0 Å². The molecule has 0 saturated carbocycles. The zero-order valence-electron chi connectivity index (χ0n) is 14.0. The molecule has 0 spiro atoms. The molecule has 0 radical (unpaired) electrons. The van der Waals surface area contributed by atoms with E-state index >= 15 is 0 Å². The Morgan fingerprint density at radius 2 is 2.19 bits per heavy atom. The minimum atomic E-state index is 0.240. The highest BCUT2D eigenvalue weighted by molar-refractivity contribution is 5.48. The molecule has 1 fully saturated rings. The van der Waals surface area contributed by atoms with Crippen molar-refractivity contribution in [2.45, 2.75) is 40.2 Å². The molecule has 1 unspecified atom stereocenters. The molecule has 3 heteroatoms. The molecule has 1 atom stereocenters. The molecule has 1 aromatic rings. The van der Waals surface area contributed by atoms with E-state index in [1.807, 2.05) is 0 Å². The van der Waals surface area contributed by atoms with Crippen molar-refractivity contribution in [3.8, 4) is 0 Å². The smallest absolute Gasteiger partial charge is 0.0552 e. The lowest BCUT2D eigenvalue weighted by Gasteiger charge is -2.36. The molecule has 1 aliphatic rings. The molecule has 1 aromatic carbocycles. The standard InChI is InChI=1S/C18H30N2O/c1-5-20(17-8-6-7-16(4)11-17)13-18(9-10-21-14-18)12-19-15(2)3/h6-8,11,15,19H,5,9-10,12-14H2,1-4H3. The largest absolute Gasteiger partial charge is 0.381 e. The van der Waals surface area contributed by atoms with E-state index in [0.717, 1.165) is 39.3 Å². The fourth-order valence-electron chi connectivity index (χ4n) is 3.01. The molecular weight excluding hydrogens is 260 g/mol. The van der Waals surface area contributed by atoms with E-state index in [2.05, 4.69) is 62.2 Å². The van der Waals surface area contributed by atoms with Crippen molar-refractivity contribution in [2.75, 3.05) is 37.7 Å². The third kappa shape index (κ3) is 4.45. The lowest BCUT2D eigenvalue weighted by molar-refractivity contribution is 0.150. The topological polar surface area (TPSA) is 24.5 Å². The first-order valence-electron chi connectivity index (χ1n) is 8.17. The van der Waals surface area contributed by atoms with Gasteiger partial charge < -0.3 is 15.0 Å². The van der Waals surface area contributed by atoms with Gasteiger partial charge in [0.15, 0.2) is 0 Å². The van der Waals surface area contributed by atoms with Gasteiger partial charge in [-0.25, -0.2) is 0 Å². The van der Waals surface area contributed by atoms with Gasteiger partial charge in [0.1, 0.15) is 0 Å². The summed E-state index contributed by atoms with van der Waals surface area (Å²) in [6, 6.07) is 9.33. The fourth-order valence-corrected chi connectivity index (χ4v) is 3.01. The van der Waals surface area contributed by atoms with E-state index in [0.29, 0.717) is 6.04 Å². The van der Waals surface area contributed by atoms with Gasteiger partial charge >= 0.3 is 0 Å². The molecule has 2 rings (SSSR count). The molecular formula is C18H30N2O. The van der Waals surface area contributed by atoms with Gasteiger partial charge in [0.2, 0.25) is 0 Å². The average molecular weight is 290 g/mol. The highest BCUT2D eigenvalue weighted by Gasteiger charge is 2.36. The zero-order valence-corrected chi connectivity index (χ0v) is 14.0. The fraction of sp³-hybridized carbons (Fsp3) is 0.667. The van der Waals surface area contributed by atoms with Gasteiger partial charge in [0.05, 0.1) is 6.61 Å². The van der Waals surface area contributed by atoms with E-state index in [4.69, 9.17) is 4.74 Å². The second-order valence-corrected chi connectivity index (χ2v) is 6.69. The Hall–Kier alpha value is -1.06. The maximum absolute atomic E-state index is 5.73. The maximum Gasteiger partial charge on any atom is 0.0552 e. The second-order valence-electron chi connectivity index (χ2n) is 6.69. The van der Waals surface area contributed by atoms with Crippen LogP contribution in [0.5, 0.6) is 0 Å². The molecule has 1 saturated heterocycles. The second kappa shape index (κ2) is 7.28. The molecule has 1 aliphatic heterocycles. The molecule has 0 aromatic heterocycles. The minimum absolute atomic E-state index is 0.240. The first-order chi connectivity index (χ1) is 10.0. The van der Waals surface area contributed by atoms with Crippen molar-refractivity contribution >= 4 is 5.69 Å². The van der Waals surface area contributed by atoms with Crippen molar-refractivity contribution in [1.82, 2.24) is 5.32 Å². The molecule has 0 bridgehead atoms. The molecule has 0 aliphatic carbocycles. The Labute approximate surface area is 129 Å². The van der Waals surface area contributed by atoms with E-state index in [9.17, 15) is 0 Å². The van der Waals surface area contributed by atoms with E-state index in [-0.39, 0.29) is 5.41 Å². The number of hydrogen-bond acceptors (Lipinski definition) is 3. The summed E-state index contributed by atoms with van der Waals surface area (Å²) in [5.74, 6) is 0. The molecule has 3 nitrogen and oxygen atoms in total. The van der Waals surface area contributed by atoms with Crippen LogP contribution in [0.1, 0.15) is 32.8 Å². The van der Waals surface area contributed by atoms with Crippen molar-refractivity contribution in [3.63, 3.8) is 0 Å². The summed E-state index contributed by atoms with van der Waals surface area (Å²) in [6.45, 7) is 13.7. The van der Waals surface area contributed by atoms with Crippen molar-refractivity contribution < 1.29 is 4.74 Å². The van der Waals surface area contributed by atoms with Crippen LogP contribution >= 0.6 is 0 Å². The van der Waals surface area contributed by atoms with Gasteiger partial charge in [-0.05, 0) is 38.0 Å². The first-order valence-corrected chi connectivity index (χ1v) is 8.17. The van der Waals surface area contributed by atoms with Crippen molar-refractivity contribution in [3.05, 3.63) is 29.8 Å². The highest BCUT2D eigenvalue weighted by Crippen LogP contribution is 2.31. The Morgan fingerprint density at radius 3 is 2.76 bits per heavy atom. The van der Waals surface area contributed by atoms with Crippen LogP contribution in [0, 0.1) is 12.3 Å². The van der Waals surface area contributed by atoms with E-state index in [1.165, 1.54) is 11.3 Å². The number of nitrogens with zero attached hydrogens (tertiary/aromatic N) is 1.